The van der Waals surface area contributed by atoms with Crippen LogP contribution in [0.2, 0.25) is 0 Å². The van der Waals surface area contributed by atoms with Crippen molar-refractivity contribution in [2.45, 2.75) is 20.4 Å². The fourth-order valence-corrected chi connectivity index (χ4v) is 3.04. The fourth-order valence-electron chi connectivity index (χ4n) is 3.04. The van der Waals surface area contributed by atoms with E-state index in [9.17, 15) is 0 Å². The highest BCUT2D eigenvalue weighted by molar-refractivity contribution is 6.00. The molecule has 0 radical (unpaired) electrons. The van der Waals surface area contributed by atoms with Crippen molar-refractivity contribution in [3.05, 3.63) is 30.2 Å². The molecule has 3 heterocycles. The maximum Gasteiger partial charge on any atom is 0.163 e. The van der Waals surface area contributed by atoms with Crippen molar-refractivity contribution in [2.24, 2.45) is 7.05 Å². The van der Waals surface area contributed by atoms with Gasteiger partial charge in [-0.1, -0.05) is 12.1 Å². The molecule has 4 aromatic rings. The van der Waals surface area contributed by atoms with E-state index in [2.05, 4.69) is 32.3 Å². The number of nitrogens with two attached hydrogens (primary N) is 1. The Bertz CT molecular complexity index is 1040. The number of hydrogen-bond acceptors (Lipinski definition) is 5. The summed E-state index contributed by atoms with van der Waals surface area (Å²) in [6, 6.07) is 6.21. The minimum Gasteiger partial charge on any atom is -0.383 e. The number of aryl methyl sites for hydroxylation is 3. The van der Waals surface area contributed by atoms with Crippen molar-refractivity contribution >= 4 is 27.8 Å². The van der Waals surface area contributed by atoms with Crippen molar-refractivity contribution in [1.29, 1.82) is 0 Å². The summed E-state index contributed by atoms with van der Waals surface area (Å²) in [6.07, 6.45) is 1.48. The van der Waals surface area contributed by atoms with Gasteiger partial charge < -0.3 is 5.73 Å². The maximum atomic E-state index is 6.09. The van der Waals surface area contributed by atoms with Gasteiger partial charge >= 0.3 is 0 Å². The number of benzene rings is 1. The molecule has 0 saturated carbocycles. The topological polar surface area (TPSA) is 87.4 Å². The van der Waals surface area contributed by atoms with Crippen LogP contribution >= 0.6 is 0 Å². The quantitative estimate of drug-likeness (QED) is 0.614. The van der Waals surface area contributed by atoms with Gasteiger partial charge in [0.05, 0.1) is 16.6 Å². The molecule has 0 atom stereocenters. The van der Waals surface area contributed by atoms with Gasteiger partial charge in [-0.15, -0.1) is 0 Å². The van der Waals surface area contributed by atoms with Gasteiger partial charge in [0, 0.05) is 24.5 Å². The molecule has 2 N–H and O–H groups in total. The number of nitrogen functional groups attached to an aromatic ring is 1. The minimum atomic E-state index is 0.450. The zero-order valence-corrected chi connectivity index (χ0v) is 13.3. The summed E-state index contributed by atoms with van der Waals surface area (Å²) in [7, 11) is 1.94. The molecule has 7 nitrogen and oxygen atoms in total. The van der Waals surface area contributed by atoms with Crippen molar-refractivity contribution in [3.63, 3.8) is 0 Å². The van der Waals surface area contributed by atoms with E-state index in [0.717, 1.165) is 45.4 Å². The summed E-state index contributed by atoms with van der Waals surface area (Å²) in [5.41, 5.74) is 10.7. The van der Waals surface area contributed by atoms with Crippen LogP contribution in [0, 0.1) is 6.92 Å². The van der Waals surface area contributed by atoms with Crippen molar-refractivity contribution in [3.8, 4) is 11.3 Å². The smallest absolute Gasteiger partial charge is 0.163 e. The molecule has 0 aliphatic heterocycles. The lowest BCUT2D eigenvalue weighted by molar-refractivity contribution is 0.679. The van der Waals surface area contributed by atoms with E-state index in [1.165, 1.54) is 6.33 Å². The summed E-state index contributed by atoms with van der Waals surface area (Å²) in [4.78, 5) is 8.46. The lowest BCUT2D eigenvalue weighted by Gasteiger charge is -2.01. The van der Waals surface area contributed by atoms with E-state index < -0.39 is 0 Å². The summed E-state index contributed by atoms with van der Waals surface area (Å²) in [5.74, 6) is 0.450. The first-order valence-electron chi connectivity index (χ1n) is 7.51. The van der Waals surface area contributed by atoms with E-state index in [1.807, 2.05) is 36.3 Å². The molecule has 1 aromatic carbocycles. The van der Waals surface area contributed by atoms with Crippen LogP contribution in [0.4, 0.5) is 5.82 Å². The van der Waals surface area contributed by atoms with Gasteiger partial charge in [-0.2, -0.15) is 10.2 Å². The molecule has 0 fully saturated rings. The first-order chi connectivity index (χ1) is 11.1. The van der Waals surface area contributed by atoms with Crippen LogP contribution in [-0.4, -0.2) is 29.5 Å². The summed E-state index contributed by atoms with van der Waals surface area (Å²) in [5, 5.41) is 11.1. The Balaban J connectivity index is 2.04. The number of anilines is 1. The van der Waals surface area contributed by atoms with Gasteiger partial charge in [-0.3, -0.25) is 4.68 Å². The van der Waals surface area contributed by atoms with Crippen LogP contribution in [0.5, 0.6) is 0 Å². The zero-order chi connectivity index (χ0) is 16.1. The molecule has 0 spiro atoms. The Kier molecular flexibility index (Phi) is 2.84. The minimum absolute atomic E-state index is 0.450. The van der Waals surface area contributed by atoms with Gasteiger partial charge in [0.2, 0.25) is 0 Å². The summed E-state index contributed by atoms with van der Waals surface area (Å²) < 4.78 is 3.73. The molecule has 0 aliphatic rings. The lowest BCUT2D eigenvalue weighted by Crippen LogP contribution is -1.98. The van der Waals surface area contributed by atoms with E-state index in [0.29, 0.717) is 5.82 Å². The van der Waals surface area contributed by atoms with Crippen LogP contribution in [0.1, 0.15) is 12.6 Å². The Hall–Kier alpha value is -2.96. The number of fused-ring (bicyclic) bond motifs is 2. The SMILES string of the molecule is CCn1nc(-c2ccc3c(C)nn(C)c3c2)c2c(N)ncnc21. The Labute approximate surface area is 132 Å². The average molecular weight is 307 g/mol. The number of hydrogen-bond donors (Lipinski definition) is 1. The number of nitrogens with zero attached hydrogens (tertiary/aromatic N) is 6. The molecule has 0 bridgehead atoms. The second kappa shape index (κ2) is 4.77. The van der Waals surface area contributed by atoms with Crippen LogP contribution in [0.25, 0.3) is 33.2 Å². The molecule has 0 amide bonds. The second-order valence-electron chi connectivity index (χ2n) is 5.56. The van der Waals surface area contributed by atoms with Gasteiger partial charge in [0.1, 0.15) is 17.8 Å². The highest BCUT2D eigenvalue weighted by Crippen LogP contribution is 2.32. The van der Waals surface area contributed by atoms with E-state index in [1.54, 1.807) is 0 Å². The monoisotopic (exact) mass is 307 g/mol. The number of aromatic nitrogens is 6. The molecular weight excluding hydrogens is 290 g/mol. The maximum absolute atomic E-state index is 6.09. The van der Waals surface area contributed by atoms with Crippen molar-refractivity contribution in [2.75, 3.05) is 5.73 Å². The molecule has 0 aliphatic carbocycles. The van der Waals surface area contributed by atoms with Crippen LogP contribution < -0.4 is 5.73 Å². The Morgan fingerprint density at radius 3 is 2.78 bits per heavy atom. The third-order valence-corrected chi connectivity index (χ3v) is 4.17. The van der Waals surface area contributed by atoms with E-state index in [4.69, 9.17) is 5.73 Å². The summed E-state index contributed by atoms with van der Waals surface area (Å²) >= 11 is 0. The standard InChI is InChI=1S/C16H17N7/c1-4-23-16-13(15(17)18-8-19-16)14(21-23)10-5-6-11-9(2)20-22(3)12(11)7-10/h5-8H,4H2,1-3H3,(H2,17,18,19). The molecule has 4 rings (SSSR count). The highest BCUT2D eigenvalue weighted by atomic mass is 15.3. The predicted octanol–water partition coefficient (Wildman–Crippen LogP) is 2.29. The van der Waals surface area contributed by atoms with Crippen molar-refractivity contribution < 1.29 is 0 Å². The van der Waals surface area contributed by atoms with Gasteiger partial charge in [0.15, 0.2) is 5.65 Å². The zero-order valence-electron chi connectivity index (χ0n) is 13.3. The van der Waals surface area contributed by atoms with Crippen LogP contribution in [-0.2, 0) is 13.6 Å². The fraction of sp³-hybridized carbons (Fsp3) is 0.250. The molecular formula is C16H17N7. The summed E-state index contributed by atoms with van der Waals surface area (Å²) in [6.45, 7) is 4.76. The van der Waals surface area contributed by atoms with Gasteiger partial charge in [0.25, 0.3) is 0 Å². The lowest BCUT2D eigenvalue weighted by atomic mass is 10.1. The third kappa shape index (κ3) is 1.89. The highest BCUT2D eigenvalue weighted by Gasteiger charge is 2.17. The van der Waals surface area contributed by atoms with Crippen LogP contribution in [0.15, 0.2) is 24.5 Å². The molecule has 116 valence electrons. The van der Waals surface area contributed by atoms with Gasteiger partial charge in [-0.05, 0) is 19.9 Å². The van der Waals surface area contributed by atoms with E-state index >= 15 is 0 Å². The number of rotatable bonds is 2. The third-order valence-electron chi connectivity index (χ3n) is 4.17. The largest absolute Gasteiger partial charge is 0.383 e. The molecule has 0 unspecified atom stereocenters. The normalized spacial score (nSPS) is 11.6. The first kappa shape index (κ1) is 13.7. The van der Waals surface area contributed by atoms with E-state index in [-0.39, 0.29) is 0 Å². The van der Waals surface area contributed by atoms with Crippen molar-refractivity contribution in [1.82, 2.24) is 29.5 Å². The molecule has 3 aromatic heterocycles. The Morgan fingerprint density at radius 1 is 1.17 bits per heavy atom. The van der Waals surface area contributed by atoms with Gasteiger partial charge in [-0.25, -0.2) is 14.6 Å². The predicted molar refractivity (Wildman–Crippen MR) is 89.9 cm³/mol. The van der Waals surface area contributed by atoms with Crippen LogP contribution in [0.3, 0.4) is 0 Å². The molecule has 23 heavy (non-hydrogen) atoms. The second-order valence-corrected chi connectivity index (χ2v) is 5.56. The average Bonchev–Trinajstić information content (AvgIpc) is 3.06. The Morgan fingerprint density at radius 2 is 2.00 bits per heavy atom. The molecule has 0 saturated heterocycles. The first-order valence-corrected chi connectivity index (χ1v) is 7.51. The molecule has 7 heteroatoms.